The van der Waals surface area contributed by atoms with E-state index in [4.69, 9.17) is 0 Å². The number of hydrogen-bond donors (Lipinski definition) is 0. The molecule has 4 nitrogen and oxygen atoms in total. The van der Waals surface area contributed by atoms with E-state index < -0.39 is 9.84 Å². The molecule has 25 heavy (non-hydrogen) atoms. The number of benzene rings is 2. The van der Waals surface area contributed by atoms with E-state index in [1.165, 1.54) is 12.1 Å². The summed E-state index contributed by atoms with van der Waals surface area (Å²) in [6.45, 7) is 2.11. The Morgan fingerprint density at radius 1 is 1.16 bits per heavy atom. The fraction of sp³-hybridized carbons (Fsp3) is 0.316. The summed E-state index contributed by atoms with van der Waals surface area (Å²) in [7, 11) is -3.12. The van der Waals surface area contributed by atoms with Crippen molar-refractivity contribution >= 4 is 15.7 Å². The Kier molecular flexibility index (Phi) is 4.90. The summed E-state index contributed by atoms with van der Waals surface area (Å²) in [5.74, 6) is -0.460. The topological polar surface area (TPSA) is 54.5 Å². The third-order valence-corrected chi connectivity index (χ3v) is 6.30. The molecule has 3 rings (SSSR count). The van der Waals surface area contributed by atoms with Gasteiger partial charge < -0.3 is 4.90 Å². The van der Waals surface area contributed by atoms with Crippen LogP contribution in [0.4, 0.5) is 4.39 Å². The molecule has 1 aliphatic rings. The number of halogens is 1. The fourth-order valence-electron chi connectivity index (χ4n) is 3.14. The van der Waals surface area contributed by atoms with E-state index in [1.54, 1.807) is 29.2 Å². The van der Waals surface area contributed by atoms with Crippen molar-refractivity contribution in [1.82, 2.24) is 4.90 Å². The van der Waals surface area contributed by atoms with Crippen molar-refractivity contribution in [2.45, 2.75) is 25.9 Å². The van der Waals surface area contributed by atoms with Gasteiger partial charge in [0.2, 0.25) is 0 Å². The van der Waals surface area contributed by atoms with Gasteiger partial charge in [-0.2, -0.15) is 0 Å². The van der Waals surface area contributed by atoms with Gasteiger partial charge in [0.25, 0.3) is 5.91 Å². The summed E-state index contributed by atoms with van der Waals surface area (Å²) in [5, 5.41) is 0. The zero-order valence-electron chi connectivity index (χ0n) is 14.0. The molecule has 2 aromatic rings. The lowest BCUT2D eigenvalue weighted by Crippen LogP contribution is -2.40. The van der Waals surface area contributed by atoms with Crippen LogP contribution >= 0.6 is 0 Å². The summed E-state index contributed by atoms with van der Waals surface area (Å²) in [4.78, 5) is 14.7. The zero-order valence-corrected chi connectivity index (χ0v) is 14.8. The van der Waals surface area contributed by atoms with Crippen molar-refractivity contribution in [3.05, 3.63) is 71.0 Å². The van der Waals surface area contributed by atoms with Gasteiger partial charge in [0.15, 0.2) is 9.84 Å². The number of sulfone groups is 1. The van der Waals surface area contributed by atoms with Gasteiger partial charge in [-0.05, 0) is 42.7 Å². The average molecular weight is 361 g/mol. The Balaban J connectivity index is 1.92. The number of hydrogen-bond acceptors (Lipinski definition) is 3. The molecule has 132 valence electrons. The van der Waals surface area contributed by atoms with Crippen LogP contribution in [0.1, 0.15) is 27.9 Å². The maximum absolute atomic E-state index is 13.1. The van der Waals surface area contributed by atoms with Crippen LogP contribution in [0.2, 0.25) is 0 Å². The lowest BCUT2D eigenvalue weighted by Gasteiger charge is -2.29. The molecule has 0 unspecified atom stereocenters. The molecule has 0 radical (unpaired) electrons. The first-order valence-corrected chi connectivity index (χ1v) is 9.99. The second-order valence-electron chi connectivity index (χ2n) is 6.43. The molecule has 0 spiro atoms. The molecule has 1 fully saturated rings. The van der Waals surface area contributed by atoms with Gasteiger partial charge in [0.1, 0.15) is 5.82 Å². The summed E-state index contributed by atoms with van der Waals surface area (Å²) in [6.07, 6.45) is 0.432. The maximum Gasteiger partial charge on any atom is 0.254 e. The molecule has 1 saturated heterocycles. The molecule has 1 atom stereocenters. The van der Waals surface area contributed by atoms with Gasteiger partial charge in [-0.15, -0.1) is 0 Å². The summed E-state index contributed by atoms with van der Waals surface area (Å²) in [6, 6.07) is 12.8. The van der Waals surface area contributed by atoms with Gasteiger partial charge >= 0.3 is 0 Å². The Hall–Kier alpha value is -2.21. The molecule has 1 heterocycles. The highest BCUT2D eigenvalue weighted by Crippen LogP contribution is 2.23. The molecule has 0 bridgehead atoms. The van der Waals surface area contributed by atoms with Crippen LogP contribution in [0.3, 0.4) is 0 Å². The average Bonchev–Trinajstić information content (AvgIpc) is 2.94. The first-order valence-electron chi connectivity index (χ1n) is 8.17. The van der Waals surface area contributed by atoms with Gasteiger partial charge in [-0.1, -0.05) is 30.3 Å². The minimum atomic E-state index is -3.12. The smallest absolute Gasteiger partial charge is 0.254 e. The predicted octanol–water partition coefficient (Wildman–Crippen LogP) is 2.96. The summed E-state index contributed by atoms with van der Waals surface area (Å²) >= 11 is 0. The SMILES string of the molecule is Cc1ccccc1C(=O)N(Cc1ccc(F)cc1)[C@@H]1CCS(=O)(=O)C1. The quantitative estimate of drug-likeness (QED) is 0.841. The van der Waals surface area contributed by atoms with Crippen molar-refractivity contribution < 1.29 is 17.6 Å². The van der Waals surface area contributed by atoms with Gasteiger partial charge in [0, 0.05) is 18.2 Å². The number of carbonyl (C=O) groups excluding carboxylic acids is 1. The van der Waals surface area contributed by atoms with Crippen molar-refractivity contribution in [1.29, 1.82) is 0 Å². The monoisotopic (exact) mass is 361 g/mol. The number of nitrogens with zero attached hydrogens (tertiary/aromatic N) is 1. The minimum absolute atomic E-state index is 0.0220. The highest BCUT2D eigenvalue weighted by atomic mass is 32.2. The van der Waals surface area contributed by atoms with Crippen molar-refractivity contribution in [2.75, 3.05) is 11.5 Å². The summed E-state index contributed by atoms with van der Waals surface area (Å²) in [5.41, 5.74) is 2.18. The Labute approximate surface area is 147 Å². The van der Waals surface area contributed by atoms with Crippen LogP contribution in [-0.2, 0) is 16.4 Å². The fourth-order valence-corrected chi connectivity index (χ4v) is 4.87. The van der Waals surface area contributed by atoms with Crippen LogP contribution < -0.4 is 0 Å². The molecular formula is C19H20FNO3S. The largest absolute Gasteiger partial charge is 0.330 e. The maximum atomic E-state index is 13.1. The van der Waals surface area contributed by atoms with E-state index >= 15 is 0 Å². The second-order valence-corrected chi connectivity index (χ2v) is 8.66. The summed E-state index contributed by atoms with van der Waals surface area (Å²) < 4.78 is 36.9. The van der Waals surface area contributed by atoms with Crippen LogP contribution in [0.25, 0.3) is 0 Å². The van der Waals surface area contributed by atoms with Crippen molar-refractivity contribution in [3.63, 3.8) is 0 Å². The lowest BCUT2D eigenvalue weighted by atomic mass is 10.1. The van der Waals surface area contributed by atoms with E-state index in [9.17, 15) is 17.6 Å². The number of rotatable bonds is 4. The van der Waals surface area contributed by atoms with E-state index in [0.717, 1.165) is 11.1 Å². The molecule has 6 heteroatoms. The number of carbonyl (C=O) groups is 1. The molecule has 0 saturated carbocycles. The molecule has 0 aromatic heterocycles. The van der Waals surface area contributed by atoms with Crippen LogP contribution in [0, 0.1) is 12.7 Å². The minimum Gasteiger partial charge on any atom is -0.330 e. The highest BCUT2D eigenvalue weighted by Gasteiger charge is 2.35. The van der Waals surface area contributed by atoms with Gasteiger partial charge in [-0.25, -0.2) is 12.8 Å². The standard InChI is InChI=1S/C19H20FNO3S/c1-14-4-2-3-5-18(14)19(22)21(17-10-11-25(23,24)13-17)12-15-6-8-16(20)9-7-15/h2-9,17H,10-13H2,1H3/t17-/m1/s1. The van der Waals surface area contributed by atoms with E-state index in [1.807, 2.05) is 19.1 Å². The van der Waals surface area contributed by atoms with E-state index in [0.29, 0.717) is 12.0 Å². The Morgan fingerprint density at radius 3 is 2.44 bits per heavy atom. The molecule has 0 aliphatic carbocycles. The predicted molar refractivity (Wildman–Crippen MR) is 94.5 cm³/mol. The normalized spacial score (nSPS) is 18.9. The van der Waals surface area contributed by atoms with Crippen LogP contribution in [-0.4, -0.2) is 36.8 Å². The van der Waals surface area contributed by atoms with Crippen LogP contribution in [0.5, 0.6) is 0 Å². The van der Waals surface area contributed by atoms with Gasteiger partial charge in [-0.3, -0.25) is 4.79 Å². The molecule has 1 aliphatic heterocycles. The molecule has 0 N–H and O–H groups in total. The second kappa shape index (κ2) is 6.96. The van der Waals surface area contributed by atoms with E-state index in [-0.39, 0.29) is 35.8 Å². The molecule has 2 aromatic carbocycles. The highest BCUT2D eigenvalue weighted by molar-refractivity contribution is 7.91. The third-order valence-electron chi connectivity index (χ3n) is 4.55. The molecular weight excluding hydrogens is 341 g/mol. The number of aryl methyl sites for hydroxylation is 1. The number of amides is 1. The van der Waals surface area contributed by atoms with Crippen molar-refractivity contribution in [3.8, 4) is 0 Å². The Morgan fingerprint density at radius 2 is 1.84 bits per heavy atom. The zero-order chi connectivity index (χ0) is 18.0. The van der Waals surface area contributed by atoms with Crippen LogP contribution in [0.15, 0.2) is 48.5 Å². The third kappa shape index (κ3) is 4.07. The molecule has 1 amide bonds. The van der Waals surface area contributed by atoms with Gasteiger partial charge in [0.05, 0.1) is 11.5 Å². The first-order chi connectivity index (χ1) is 11.9. The van der Waals surface area contributed by atoms with Crippen molar-refractivity contribution in [2.24, 2.45) is 0 Å². The lowest BCUT2D eigenvalue weighted by molar-refractivity contribution is 0.0680. The van der Waals surface area contributed by atoms with E-state index in [2.05, 4.69) is 0 Å². The Bertz CT molecular complexity index is 878. The first kappa shape index (κ1) is 17.6.